The van der Waals surface area contributed by atoms with Crippen molar-refractivity contribution in [3.05, 3.63) is 47.8 Å². The molecule has 5 N–H and O–H groups in total. The molecule has 1 aromatic rings. The lowest BCUT2D eigenvalue weighted by Crippen LogP contribution is -2.43. The first-order chi connectivity index (χ1) is 16.6. The number of nitrogens with one attached hydrogen (secondary N) is 1. The lowest BCUT2D eigenvalue weighted by molar-refractivity contribution is -0.274. The van der Waals surface area contributed by atoms with Crippen molar-refractivity contribution in [2.75, 3.05) is 39.8 Å². The number of hydrogen-bond donors (Lipinski definition) is 3. The second-order valence-electron chi connectivity index (χ2n) is 8.75. The molecule has 192 valence electrons. The average Bonchev–Trinajstić information content (AvgIpc) is 3.12. The molecular formula is C23H31F3N6O3. The Bertz CT molecular complexity index is 935. The molecule has 0 aromatic heterocycles. The Balaban J connectivity index is 1.50. The minimum Gasteiger partial charge on any atom is -0.406 e. The number of fused-ring (bicyclic) bond motifs is 1. The zero-order valence-electron chi connectivity index (χ0n) is 19.5. The quantitative estimate of drug-likeness (QED) is 0.316. The molecule has 2 saturated heterocycles. The number of nitrogens with two attached hydrogens (primary N) is 2. The van der Waals surface area contributed by atoms with Crippen LogP contribution in [0.2, 0.25) is 0 Å². The highest BCUT2D eigenvalue weighted by molar-refractivity contribution is 5.91. The molecule has 9 nitrogen and oxygen atoms in total. The lowest BCUT2D eigenvalue weighted by atomic mass is 9.92. The Kier molecular flexibility index (Phi) is 8.49. The van der Waals surface area contributed by atoms with Crippen molar-refractivity contribution in [3.8, 4) is 5.75 Å². The number of urea groups is 1. The first-order valence-electron chi connectivity index (χ1n) is 11.3. The van der Waals surface area contributed by atoms with Crippen molar-refractivity contribution in [3.63, 3.8) is 0 Å². The number of carbonyl (C=O) groups excluding carboxylic acids is 2. The maximum Gasteiger partial charge on any atom is 0.573 e. The molecule has 12 heteroatoms. The van der Waals surface area contributed by atoms with Crippen LogP contribution < -0.4 is 21.7 Å². The molecule has 2 fully saturated rings. The standard InChI is InChI=1S/C23H31F3N6O3/c1-30(15-19(12-27)29-28)22(34)32-13-17-8-10-31(11-9-18(17)14-32)21(33)7-4-16-2-5-20(6-3-16)35-23(24,25)26/h2-7,12,17-18,29H,8-11,13-15,27-28H2,1H3/b7-4+,19-12-. The predicted molar refractivity (Wildman–Crippen MR) is 124 cm³/mol. The van der Waals surface area contributed by atoms with Gasteiger partial charge in [-0.25, -0.2) is 4.79 Å². The van der Waals surface area contributed by atoms with Crippen LogP contribution in [-0.4, -0.2) is 72.8 Å². The molecule has 2 aliphatic rings. The topological polar surface area (TPSA) is 117 Å². The highest BCUT2D eigenvalue weighted by atomic mass is 19.4. The number of ether oxygens (including phenoxy) is 1. The summed E-state index contributed by atoms with van der Waals surface area (Å²) in [6.07, 6.45) is 1.17. The number of halogens is 3. The molecule has 0 aliphatic carbocycles. The molecule has 1 aromatic carbocycles. The van der Waals surface area contributed by atoms with Crippen LogP contribution in [0, 0.1) is 11.8 Å². The molecule has 3 rings (SSSR count). The van der Waals surface area contributed by atoms with Gasteiger partial charge in [-0.3, -0.25) is 10.6 Å². The van der Waals surface area contributed by atoms with Crippen molar-refractivity contribution in [2.24, 2.45) is 23.4 Å². The Labute approximate surface area is 202 Å². The summed E-state index contributed by atoms with van der Waals surface area (Å²) in [6.45, 7) is 2.71. The van der Waals surface area contributed by atoms with E-state index in [1.807, 2.05) is 4.90 Å². The van der Waals surface area contributed by atoms with E-state index in [2.05, 4.69) is 10.2 Å². The van der Waals surface area contributed by atoms with Crippen molar-refractivity contribution in [1.82, 2.24) is 20.1 Å². The molecule has 3 amide bonds. The van der Waals surface area contributed by atoms with E-state index < -0.39 is 6.36 Å². The van der Waals surface area contributed by atoms with E-state index in [0.717, 1.165) is 12.8 Å². The van der Waals surface area contributed by atoms with Gasteiger partial charge in [0.25, 0.3) is 0 Å². The van der Waals surface area contributed by atoms with Crippen LogP contribution in [0.15, 0.2) is 42.2 Å². The van der Waals surface area contributed by atoms with Gasteiger partial charge in [-0.05, 0) is 48.4 Å². The predicted octanol–water partition coefficient (Wildman–Crippen LogP) is 2.08. The van der Waals surface area contributed by atoms with Crippen LogP contribution in [0.4, 0.5) is 18.0 Å². The number of likely N-dealkylation sites (N-methyl/N-ethyl adjacent to an activating group) is 1. The third-order valence-corrected chi connectivity index (χ3v) is 6.35. The van der Waals surface area contributed by atoms with Gasteiger partial charge in [-0.15, -0.1) is 13.2 Å². The van der Waals surface area contributed by atoms with Crippen LogP contribution in [-0.2, 0) is 4.79 Å². The maximum atomic E-state index is 12.8. The Morgan fingerprint density at radius 1 is 1.14 bits per heavy atom. The van der Waals surface area contributed by atoms with Crippen LogP contribution >= 0.6 is 0 Å². The van der Waals surface area contributed by atoms with Gasteiger partial charge in [0.2, 0.25) is 5.91 Å². The fraction of sp³-hybridized carbons (Fsp3) is 0.478. The Hall–Kier alpha value is -3.41. The van der Waals surface area contributed by atoms with Crippen LogP contribution in [0.3, 0.4) is 0 Å². The summed E-state index contributed by atoms with van der Waals surface area (Å²) in [5.74, 6) is 5.55. The fourth-order valence-electron chi connectivity index (χ4n) is 4.49. The molecular weight excluding hydrogens is 465 g/mol. The largest absolute Gasteiger partial charge is 0.573 e. The highest BCUT2D eigenvalue weighted by Crippen LogP contribution is 2.32. The molecule has 2 aliphatic heterocycles. The van der Waals surface area contributed by atoms with E-state index in [0.29, 0.717) is 49.3 Å². The minimum absolute atomic E-state index is 0.0878. The Morgan fingerprint density at radius 2 is 1.74 bits per heavy atom. The SMILES string of the molecule is CN(C/C(=C/N)NN)C(=O)N1CC2CCN(C(=O)/C=C/c3ccc(OC(F)(F)F)cc3)CCC2C1. The number of rotatable bonds is 6. The molecule has 2 atom stereocenters. The summed E-state index contributed by atoms with van der Waals surface area (Å²) in [4.78, 5) is 30.7. The molecule has 2 heterocycles. The summed E-state index contributed by atoms with van der Waals surface area (Å²) in [5.41, 5.74) is 9.08. The minimum atomic E-state index is -4.74. The molecule has 0 radical (unpaired) electrons. The van der Waals surface area contributed by atoms with Crippen LogP contribution in [0.25, 0.3) is 6.08 Å². The smallest absolute Gasteiger partial charge is 0.406 e. The van der Waals surface area contributed by atoms with E-state index in [-0.39, 0.29) is 24.2 Å². The van der Waals surface area contributed by atoms with Gasteiger partial charge in [-0.1, -0.05) is 12.1 Å². The lowest BCUT2D eigenvalue weighted by Gasteiger charge is -2.26. The van der Waals surface area contributed by atoms with Gasteiger partial charge in [-0.2, -0.15) is 0 Å². The van der Waals surface area contributed by atoms with Crippen molar-refractivity contribution in [1.29, 1.82) is 0 Å². The van der Waals surface area contributed by atoms with Gasteiger partial charge in [0.05, 0.1) is 12.2 Å². The summed E-state index contributed by atoms with van der Waals surface area (Å²) in [5, 5.41) is 0. The van der Waals surface area contributed by atoms with Crippen molar-refractivity contribution >= 4 is 18.0 Å². The molecule has 35 heavy (non-hydrogen) atoms. The van der Waals surface area contributed by atoms with Crippen LogP contribution in [0.1, 0.15) is 18.4 Å². The molecule has 2 unspecified atom stereocenters. The van der Waals surface area contributed by atoms with Gasteiger partial charge >= 0.3 is 12.4 Å². The van der Waals surface area contributed by atoms with Gasteiger partial charge in [0, 0.05) is 45.5 Å². The molecule has 0 saturated carbocycles. The fourth-order valence-corrected chi connectivity index (χ4v) is 4.49. The number of benzene rings is 1. The summed E-state index contributed by atoms with van der Waals surface area (Å²) in [6, 6.07) is 5.23. The highest BCUT2D eigenvalue weighted by Gasteiger charge is 2.38. The first-order valence-corrected chi connectivity index (χ1v) is 11.3. The molecule has 0 spiro atoms. The molecule has 0 bridgehead atoms. The number of hydrazine groups is 1. The van der Waals surface area contributed by atoms with Gasteiger partial charge < -0.3 is 30.6 Å². The number of carbonyl (C=O) groups is 2. The maximum absolute atomic E-state index is 12.8. The zero-order valence-corrected chi connectivity index (χ0v) is 19.5. The van der Waals surface area contributed by atoms with E-state index >= 15 is 0 Å². The monoisotopic (exact) mass is 496 g/mol. The number of amides is 3. The second-order valence-corrected chi connectivity index (χ2v) is 8.75. The number of hydrogen-bond acceptors (Lipinski definition) is 6. The summed E-state index contributed by atoms with van der Waals surface area (Å²) in [7, 11) is 1.70. The van der Waals surface area contributed by atoms with E-state index in [4.69, 9.17) is 11.6 Å². The van der Waals surface area contributed by atoms with Crippen LogP contribution in [0.5, 0.6) is 5.75 Å². The average molecular weight is 497 g/mol. The number of nitrogens with zero attached hydrogens (tertiary/aromatic N) is 3. The van der Waals surface area contributed by atoms with Gasteiger partial charge in [0.1, 0.15) is 5.75 Å². The number of likely N-dealkylation sites (tertiary alicyclic amines) is 2. The van der Waals surface area contributed by atoms with Gasteiger partial charge in [0.15, 0.2) is 0 Å². The normalized spacial score (nSPS) is 21.0. The number of alkyl halides is 3. The zero-order chi connectivity index (χ0) is 25.6. The van der Waals surface area contributed by atoms with E-state index in [9.17, 15) is 22.8 Å². The van der Waals surface area contributed by atoms with Crippen molar-refractivity contribution < 1.29 is 27.5 Å². The van der Waals surface area contributed by atoms with E-state index in [1.165, 1.54) is 36.5 Å². The summed E-state index contributed by atoms with van der Waals surface area (Å²) >= 11 is 0. The van der Waals surface area contributed by atoms with E-state index in [1.54, 1.807) is 22.9 Å². The first kappa shape index (κ1) is 26.2. The third-order valence-electron chi connectivity index (χ3n) is 6.35. The second kappa shape index (κ2) is 11.3. The Morgan fingerprint density at radius 3 is 2.26 bits per heavy atom. The van der Waals surface area contributed by atoms with Crippen molar-refractivity contribution in [2.45, 2.75) is 19.2 Å². The summed E-state index contributed by atoms with van der Waals surface area (Å²) < 4.78 is 40.7. The third kappa shape index (κ3) is 7.28.